The number of anilines is 1. The van der Waals surface area contributed by atoms with Crippen LogP contribution in [0.25, 0.3) is 11.0 Å². The first kappa shape index (κ1) is 29.1. The molecule has 0 aliphatic rings. The van der Waals surface area contributed by atoms with Gasteiger partial charge in [0.25, 0.3) is 15.7 Å². The third-order valence-corrected chi connectivity index (χ3v) is 7.73. The van der Waals surface area contributed by atoms with E-state index in [9.17, 15) is 27.6 Å². The van der Waals surface area contributed by atoms with Crippen LogP contribution < -0.4 is 30.1 Å². The molecule has 43 heavy (non-hydrogen) atoms. The van der Waals surface area contributed by atoms with Gasteiger partial charge < -0.3 is 29.2 Å². The third kappa shape index (κ3) is 6.25. The van der Waals surface area contributed by atoms with Crippen molar-refractivity contribution >= 4 is 32.4 Å². The molecule has 0 spiro atoms. The fraction of sp³-hybridized carbons (Fsp3) is 0.143. The first-order chi connectivity index (χ1) is 20.7. The Hall–Kier alpha value is -5.44. The summed E-state index contributed by atoms with van der Waals surface area (Å²) in [5.74, 6) is -1.23. The number of sulfone groups is 1. The predicted octanol–water partition coefficient (Wildman–Crippen LogP) is 3.50. The number of amides is 1. The summed E-state index contributed by atoms with van der Waals surface area (Å²) in [6.45, 7) is -0.0540. The van der Waals surface area contributed by atoms with Crippen LogP contribution in [0.4, 0.5) is 10.1 Å². The molecule has 15 heteroatoms. The Morgan fingerprint density at radius 3 is 2.47 bits per heavy atom. The Bertz CT molecular complexity index is 1940. The highest BCUT2D eigenvalue weighted by Crippen LogP contribution is 2.32. The smallest absolute Gasteiger partial charge is 0.414 e. The molecule has 0 atom stereocenters. The average molecular weight is 612 g/mol. The summed E-state index contributed by atoms with van der Waals surface area (Å²) in [6, 6.07) is 16.6. The summed E-state index contributed by atoms with van der Waals surface area (Å²) < 4.78 is 65.2. The molecule has 13 nitrogen and oxygen atoms in total. The number of hydrogen-bond acceptors (Lipinski definition) is 11. The van der Waals surface area contributed by atoms with Gasteiger partial charge in [0.2, 0.25) is 0 Å². The molecule has 0 unspecified atom stereocenters. The van der Waals surface area contributed by atoms with Gasteiger partial charge in [-0.1, -0.05) is 18.2 Å². The summed E-state index contributed by atoms with van der Waals surface area (Å²) in [6.07, 6.45) is 0.212. The number of rotatable bonds is 11. The lowest BCUT2D eigenvalue weighted by molar-refractivity contribution is -0.832. The number of nitrogens with one attached hydrogen (secondary N) is 1. The van der Waals surface area contributed by atoms with E-state index in [1.54, 1.807) is 6.07 Å². The van der Waals surface area contributed by atoms with Gasteiger partial charge in [0.1, 0.15) is 17.0 Å². The molecule has 0 saturated carbocycles. The molecule has 0 radical (unpaired) electrons. The van der Waals surface area contributed by atoms with Crippen LogP contribution >= 0.6 is 0 Å². The minimum atomic E-state index is -4.26. The zero-order valence-electron chi connectivity index (χ0n) is 22.3. The maximum atomic E-state index is 13.1. The number of benzene rings is 3. The lowest BCUT2D eigenvalue weighted by Crippen LogP contribution is -2.31. The number of fused-ring (bicyclic) bond motifs is 1. The topological polar surface area (TPSA) is 174 Å². The van der Waals surface area contributed by atoms with Gasteiger partial charge in [0.05, 0.1) is 30.4 Å². The second kappa shape index (κ2) is 12.2. The summed E-state index contributed by atoms with van der Waals surface area (Å²) >= 11 is 0. The number of nitrogens with zero attached hydrogens (tertiary/aromatic N) is 2. The Kier molecular flexibility index (Phi) is 8.25. The number of methoxy groups -OCH3 is 1. The average Bonchev–Trinajstić information content (AvgIpc) is 3.38. The SMILES string of the molecule is COc1cc2cc(C(=O)Nc3ccc(F)cc3)c(=O)oc2cc1OCCCOc1no[n+]([O-])c1S(=O)(=O)c1ccccc1. The second-order valence-corrected chi connectivity index (χ2v) is 10.7. The highest BCUT2D eigenvalue weighted by molar-refractivity contribution is 7.91. The lowest BCUT2D eigenvalue weighted by atomic mass is 10.1. The Labute approximate surface area is 242 Å². The maximum absolute atomic E-state index is 13.1. The van der Waals surface area contributed by atoms with Crippen molar-refractivity contribution in [2.24, 2.45) is 0 Å². The standard InChI is InChI=1S/C28H22FN3O10S/c1-38-23-15-17-14-21(25(33)30-19-10-8-18(29)9-11-19)28(34)41-22(17)16-24(23)39-12-5-13-40-26-27(32(35)42-31-26)43(36,37)20-6-3-2-4-7-20/h2-4,6-11,14-16H,5,12-13H2,1H3,(H,30,33). The molecule has 0 aliphatic carbocycles. The van der Waals surface area contributed by atoms with Gasteiger partial charge >= 0.3 is 16.5 Å². The van der Waals surface area contributed by atoms with Crippen molar-refractivity contribution in [3.63, 3.8) is 0 Å². The Morgan fingerprint density at radius 2 is 1.74 bits per heavy atom. The normalized spacial score (nSPS) is 11.3. The van der Waals surface area contributed by atoms with Crippen molar-refractivity contribution in [2.75, 3.05) is 25.6 Å². The third-order valence-electron chi connectivity index (χ3n) is 6.00. The van der Waals surface area contributed by atoms with Gasteiger partial charge in [-0.3, -0.25) is 9.42 Å². The van der Waals surface area contributed by atoms with E-state index in [1.165, 1.54) is 73.8 Å². The van der Waals surface area contributed by atoms with E-state index in [4.69, 9.17) is 18.6 Å². The summed E-state index contributed by atoms with van der Waals surface area (Å²) in [7, 11) is -2.86. The quantitative estimate of drug-likeness (QED) is 0.132. The molecule has 5 aromatic rings. The van der Waals surface area contributed by atoms with E-state index in [0.717, 1.165) is 0 Å². The Balaban J connectivity index is 1.24. The molecule has 5 rings (SSSR count). The van der Waals surface area contributed by atoms with E-state index in [2.05, 4.69) is 15.1 Å². The summed E-state index contributed by atoms with van der Waals surface area (Å²) in [5, 5.41) is 17.5. The van der Waals surface area contributed by atoms with Crippen molar-refractivity contribution in [3.8, 4) is 17.4 Å². The van der Waals surface area contributed by atoms with Crippen LogP contribution in [-0.2, 0) is 9.84 Å². The Morgan fingerprint density at radius 1 is 1.02 bits per heavy atom. The summed E-state index contributed by atoms with van der Waals surface area (Å²) in [5.41, 5.74) is -0.763. The van der Waals surface area contributed by atoms with Gasteiger partial charge in [0.15, 0.2) is 11.5 Å². The van der Waals surface area contributed by atoms with Crippen LogP contribution in [-0.4, -0.2) is 39.8 Å². The molecule has 0 fully saturated rings. The van der Waals surface area contributed by atoms with Crippen LogP contribution in [0.2, 0.25) is 0 Å². The van der Waals surface area contributed by atoms with Crippen molar-refractivity contribution < 1.29 is 45.8 Å². The fourth-order valence-electron chi connectivity index (χ4n) is 3.94. The van der Waals surface area contributed by atoms with E-state index in [1.807, 2.05) is 0 Å². The number of hydrogen-bond donors (Lipinski definition) is 1. The van der Waals surface area contributed by atoms with Crippen molar-refractivity contribution in [3.05, 3.63) is 99.8 Å². The van der Waals surface area contributed by atoms with Crippen LogP contribution in [0.1, 0.15) is 16.8 Å². The van der Waals surface area contributed by atoms with Gasteiger partial charge in [-0.15, -0.1) is 0 Å². The van der Waals surface area contributed by atoms with Crippen LogP contribution in [0.3, 0.4) is 0 Å². The molecule has 3 aromatic carbocycles. The second-order valence-electron chi connectivity index (χ2n) is 8.86. The van der Waals surface area contributed by atoms with E-state index in [-0.39, 0.29) is 52.1 Å². The molecule has 0 saturated heterocycles. The van der Waals surface area contributed by atoms with Crippen molar-refractivity contribution in [1.82, 2.24) is 5.16 Å². The number of aromatic nitrogens is 2. The largest absolute Gasteiger partial charge is 0.493 e. The molecule has 1 N–H and O–H groups in total. The molecule has 2 heterocycles. The highest BCUT2D eigenvalue weighted by Gasteiger charge is 2.35. The van der Waals surface area contributed by atoms with E-state index in [0.29, 0.717) is 11.1 Å². The summed E-state index contributed by atoms with van der Waals surface area (Å²) in [4.78, 5) is 24.8. The predicted molar refractivity (Wildman–Crippen MR) is 146 cm³/mol. The highest BCUT2D eigenvalue weighted by atomic mass is 32.2. The first-order valence-corrected chi connectivity index (χ1v) is 14.0. The van der Waals surface area contributed by atoms with Crippen LogP contribution in [0.5, 0.6) is 17.4 Å². The monoisotopic (exact) mass is 611 g/mol. The maximum Gasteiger partial charge on any atom is 0.414 e. The van der Waals surface area contributed by atoms with E-state index < -0.39 is 38.1 Å². The number of halogens is 1. The number of carbonyl (C=O) groups is 1. The minimum absolute atomic E-state index is 0.0419. The molecule has 0 bridgehead atoms. The fourth-order valence-corrected chi connectivity index (χ4v) is 5.23. The van der Waals surface area contributed by atoms with Gasteiger partial charge in [-0.2, -0.15) is 0 Å². The van der Waals surface area contributed by atoms with Gasteiger partial charge in [0, 0.05) is 23.6 Å². The lowest BCUT2D eigenvalue weighted by Gasteiger charge is -2.12. The van der Waals surface area contributed by atoms with E-state index >= 15 is 0 Å². The molecular formula is C28H22FN3O10S. The van der Waals surface area contributed by atoms with Crippen LogP contribution in [0, 0.1) is 11.0 Å². The first-order valence-electron chi connectivity index (χ1n) is 12.6. The van der Waals surface area contributed by atoms with Crippen molar-refractivity contribution in [2.45, 2.75) is 16.3 Å². The van der Waals surface area contributed by atoms with Crippen molar-refractivity contribution in [1.29, 1.82) is 0 Å². The number of ether oxygens (including phenoxy) is 3. The zero-order valence-corrected chi connectivity index (χ0v) is 23.1. The van der Waals surface area contributed by atoms with Gasteiger partial charge in [-0.25, -0.2) is 17.6 Å². The zero-order chi connectivity index (χ0) is 30.6. The molecule has 2 aromatic heterocycles. The minimum Gasteiger partial charge on any atom is -0.493 e. The molecule has 222 valence electrons. The van der Waals surface area contributed by atoms with Crippen LogP contribution in [0.15, 0.2) is 96.6 Å². The van der Waals surface area contributed by atoms with Gasteiger partial charge in [-0.05, 0) is 53.4 Å². The molecule has 0 aliphatic heterocycles. The molecule has 1 amide bonds. The molecular weight excluding hydrogens is 589 g/mol. The number of carbonyl (C=O) groups excluding carboxylic acids is 1.